The van der Waals surface area contributed by atoms with Crippen molar-refractivity contribution in [3.63, 3.8) is 0 Å². The predicted octanol–water partition coefficient (Wildman–Crippen LogP) is 2.24. The highest BCUT2D eigenvalue weighted by Gasteiger charge is 2.28. The molecule has 1 atom stereocenters. The fourth-order valence-corrected chi connectivity index (χ4v) is 1.93. The number of halogens is 1. The first-order valence-corrected chi connectivity index (χ1v) is 4.54. The molecule has 1 unspecified atom stereocenters. The van der Waals surface area contributed by atoms with Crippen LogP contribution in [0.3, 0.4) is 0 Å². The third-order valence-corrected chi connectivity index (χ3v) is 2.70. The van der Waals surface area contributed by atoms with E-state index < -0.39 is 18.6 Å². The zero-order valence-electron chi connectivity index (χ0n) is 7.13. The zero-order valence-corrected chi connectivity index (χ0v) is 7.13. The first-order chi connectivity index (χ1) is 5.75. The van der Waals surface area contributed by atoms with E-state index in [2.05, 4.69) is 0 Å². The van der Waals surface area contributed by atoms with Gasteiger partial charge in [-0.2, -0.15) is 0 Å². The zero-order chi connectivity index (χ0) is 8.97. The average molecular weight is 174 g/mol. The van der Waals surface area contributed by atoms with Crippen LogP contribution in [0.2, 0.25) is 0 Å². The molecule has 1 N–H and O–H groups in total. The summed E-state index contributed by atoms with van der Waals surface area (Å²) in [6, 6.07) is 0. The average Bonchev–Trinajstić information content (AvgIpc) is 2.07. The number of carboxylic acids is 1. The van der Waals surface area contributed by atoms with Crippen LogP contribution < -0.4 is 0 Å². The van der Waals surface area contributed by atoms with Crippen molar-refractivity contribution < 1.29 is 14.3 Å². The number of rotatable bonds is 3. The Morgan fingerprint density at radius 3 is 2.42 bits per heavy atom. The molecule has 0 heterocycles. The van der Waals surface area contributed by atoms with Gasteiger partial charge >= 0.3 is 5.97 Å². The number of carbonyl (C=O) groups is 1. The molecule has 0 aromatic heterocycles. The predicted molar refractivity (Wildman–Crippen MR) is 43.7 cm³/mol. The molecule has 0 aromatic rings. The van der Waals surface area contributed by atoms with Crippen LogP contribution in [0, 0.1) is 11.8 Å². The summed E-state index contributed by atoms with van der Waals surface area (Å²) in [7, 11) is 0. The lowest BCUT2D eigenvalue weighted by molar-refractivity contribution is -0.144. The van der Waals surface area contributed by atoms with Gasteiger partial charge < -0.3 is 5.11 Å². The highest BCUT2D eigenvalue weighted by Crippen LogP contribution is 2.30. The fraction of sp³-hybridized carbons (Fsp3) is 0.889. The Bertz CT molecular complexity index is 153. The molecule has 70 valence electrons. The Hall–Kier alpha value is -0.600. The minimum absolute atomic E-state index is 0.0845. The number of aliphatic carboxylic acids is 1. The van der Waals surface area contributed by atoms with E-state index >= 15 is 0 Å². The second-order valence-electron chi connectivity index (χ2n) is 3.50. The van der Waals surface area contributed by atoms with Crippen LogP contribution in [0.25, 0.3) is 0 Å². The lowest BCUT2D eigenvalue weighted by Crippen LogP contribution is -2.27. The van der Waals surface area contributed by atoms with Gasteiger partial charge in [0.1, 0.15) is 6.67 Å². The van der Waals surface area contributed by atoms with Crippen LogP contribution in [0.1, 0.15) is 32.1 Å². The molecule has 1 saturated carbocycles. The molecule has 1 fully saturated rings. The third kappa shape index (κ3) is 2.19. The van der Waals surface area contributed by atoms with Gasteiger partial charge in [-0.25, -0.2) is 0 Å². The molecule has 0 aliphatic heterocycles. The largest absolute Gasteiger partial charge is 0.481 e. The van der Waals surface area contributed by atoms with E-state index in [1.807, 2.05) is 0 Å². The van der Waals surface area contributed by atoms with Gasteiger partial charge in [0.05, 0.1) is 5.92 Å². The smallest absolute Gasteiger partial charge is 0.309 e. The van der Waals surface area contributed by atoms with Crippen LogP contribution >= 0.6 is 0 Å². The summed E-state index contributed by atoms with van der Waals surface area (Å²) in [5.41, 5.74) is 0. The van der Waals surface area contributed by atoms with Crippen molar-refractivity contribution in [3.8, 4) is 0 Å². The number of hydrogen-bond acceptors (Lipinski definition) is 1. The maximum absolute atomic E-state index is 12.3. The van der Waals surface area contributed by atoms with Gasteiger partial charge in [-0.15, -0.1) is 0 Å². The van der Waals surface area contributed by atoms with Crippen molar-refractivity contribution in [3.05, 3.63) is 0 Å². The van der Waals surface area contributed by atoms with Crippen LogP contribution in [0.15, 0.2) is 0 Å². The molecule has 1 aliphatic carbocycles. The Kier molecular flexibility index (Phi) is 3.50. The topological polar surface area (TPSA) is 37.3 Å². The molecule has 0 amide bonds. The highest BCUT2D eigenvalue weighted by molar-refractivity contribution is 5.70. The van der Waals surface area contributed by atoms with Gasteiger partial charge in [0.25, 0.3) is 0 Å². The van der Waals surface area contributed by atoms with Crippen molar-refractivity contribution in [2.24, 2.45) is 11.8 Å². The second kappa shape index (κ2) is 4.43. The Labute approximate surface area is 71.8 Å². The number of alkyl halides is 1. The molecular weight excluding hydrogens is 159 g/mol. The van der Waals surface area contributed by atoms with Gasteiger partial charge in [0.2, 0.25) is 0 Å². The lowest BCUT2D eigenvalue weighted by atomic mass is 9.80. The normalized spacial score (nSPS) is 22.1. The van der Waals surface area contributed by atoms with Crippen LogP contribution in [0.5, 0.6) is 0 Å². The van der Waals surface area contributed by atoms with Gasteiger partial charge in [0.15, 0.2) is 0 Å². The van der Waals surface area contributed by atoms with Crippen molar-refractivity contribution in [1.82, 2.24) is 0 Å². The summed E-state index contributed by atoms with van der Waals surface area (Å²) < 4.78 is 12.3. The van der Waals surface area contributed by atoms with E-state index in [1.165, 1.54) is 6.42 Å². The lowest BCUT2D eigenvalue weighted by Gasteiger charge is -2.25. The van der Waals surface area contributed by atoms with Crippen molar-refractivity contribution in [1.29, 1.82) is 0 Å². The van der Waals surface area contributed by atoms with E-state index in [0.717, 1.165) is 25.7 Å². The maximum atomic E-state index is 12.3. The SMILES string of the molecule is O=C(O)C(CF)C1CCCCC1. The molecule has 12 heavy (non-hydrogen) atoms. The molecule has 0 aromatic carbocycles. The summed E-state index contributed by atoms with van der Waals surface area (Å²) >= 11 is 0. The first kappa shape index (κ1) is 9.49. The standard InChI is InChI=1S/C9H15FO2/c10-6-8(9(11)12)7-4-2-1-3-5-7/h7-8H,1-6H2,(H,11,12). The summed E-state index contributed by atoms with van der Waals surface area (Å²) in [6.45, 7) is -0.708. The Balaban J connectivity index is 2.46. The van der Waals surface area contributed by atoms with E-state index in [-0.39, 0.29) is 5.92 Å². The molecule has 0 spiro atoms. The van der Waals surface area contributed by atoms with Crippen LogP contribution in [-0.4, -0.2) is 17.8 Å². The van der Waals surface area contributed by atoms with Gasteiger partial charge in [0, 0.05) is 0 Å². The number of carboxylic acid groups (broad SMARTS) is 1. The molecule has 0 saturated heterocycles. The summed E-state index contributed by atoms with van der Waals surface area (Å²) in [4.78, 5) is 10.6. The highest BCUT2D eigenvalue weighted by atomic mass is 19.1. The van der Waals surface area contributed by atoms with Crippen LogP contribution in [0.4, 0.5) is 4.39 Å². The molecule has 3 heteroatoms. The van der Waals surface area contributed by atoms with E-state index in [4.69, 9.17) is 5.11 Å². The van der Waals surface area contributed by atoms with Gasteiger partial charge in [-0.1, -0.05) is 19.3 Å². The molecule has 0 bridgehead atoms. The quantitative estimate of drug-likeness (QED) is 0.712. The van der Waals surface area contributed by atoms with Gasteiger partial charge in [-0.05, 0) is 18.8 Å². The fourth-order valence-electron chi connectivity index (χ4n) is 1.93. The summed E-state index contributed by atoms with van der Waals surface area (Å²) in [6.07, 6.45) is 5.08. The minimum Gasteiger partial charge on any atom is -0.481 e. The Morgan fingerprint density at radius 2 is 2.00 bits per heavy atom. The van der Waals surface area contributed by atoms with E-state index in [9.17, 15) is 9.18 Å². The third-order valence-electron chi connectivity index (χ3n) is 2.70. The van der Waals surface area contributed by atoms with Gasteiger partial charge in [-0.3, -0.25) is 9.18 Å². The molecule has 1 rings (SSSR count). The molecule has 0 radical (unpaired) electrons. The summed E-state index contributed by atoms with van der Waals surface area (Å²) in [5.74, 6) is -1.63. The molecule has 2 nitrogen and oxygen atoms in total. The molecular formula is C9H15FO2. The summed E-state index contributed by atoms with van der Waals surface area (Å²) in [5, 5.41) is 8.69. The van der Waals surface area contributed by atoms with E-state index in [1.54, 1.807) is 0 Å². The Morgan fingerprint density at radius 1 is 1.42 bits per heavy atom. The molecule has 1 aliphatic rings. The second-order valence-corrected chi connectivity index (χ2v) is 3.50. The monoisotopic (exact) mass is 174 g/mol. The minimum atomic E-state index is -0.968. The van der Waals surface area contributed by atoms with Crippen LogP contribution in [-0.2, 0) is 4.79 Å². The van der Waals surface area contributed by atoms with Crippen molar-refractivity contribution in [2.75, 3.05) is 6.67 Å². The maximum Gasteiger partial charge on any atom is 0.309 e. The first-order valence-electron chi connectivity index (χ1n) is 4.54. The number of hydrogen-bond donors (Lipinski definition) is 1. The van der Waals surface area contributed by atoms with E-state index in [0.29, 0.717) is 0 Å². The van der Waals surface area contributed by atoms with Crippen molar-refractivity contribution >= 4 is 5.97 Å². The van der Waals surface area contributed by atoms with Crippen molar-refractivity contribution in [2.45, 2.75) is 32.1 Å².